The van der Waals surface area contributed by atoms with E-state index in [1.807, 2.05) is 6.92 Å². The summed E-state index contributed by atoms with van der Waals surface area (Å²) >= 11 is 1.26. The lowest BCUT2D eigenvalue weighted by Crippen LogP contribution is -2.32. The van der Waals surface area contributed by atoms with Crippen LogP contribution in [-0.4, -0.2) is 58.9 Å². The number of thioether (sulfide) groups is 1. The van der Waals surface area contributed by atoms with E-state index in [0.29, 0.717) is 17.6 Å². The van der Waals surface area contributed by atoms with Gasteiger partial charge in [-0.05, 0) is 5.92 Å². The number of rotatable bonds is 2. The average Bonchev–Trinajstić information content (AvgIpc) is 3.08. The van der Waals surface area contributed by atoms with Gasteiger partial charge in [-0.25, -0.2) is 15.0 Å². The maximum Gasteiger partial charge on any atom is 0.208 e. The van der Waals surface area contributed by atoms with Crippen molar-refractivity contribution in [3.8, 4) is 11.8 Å². The van der Waals surface area contributed by atoms with Crippen LogP contribution in [0.5, 0.6) is 0 Å². The van der Waals surface area contributed by atoms with Gasteiger partial charge in [0.15, 0.2) is 11.5 Å². The summed E-state index contributed by atoms with van der Waals surface area (Å²) in [5.74, 6) is 6.21. The number of nitrogens with zero attached hydrogens (tertiary/aromatic N) is 4. The maximum atomic E-state index is 10.2. The molecule has 0 bridgehead atoms. The number of aromatic nitrogens is 4. The highest BCUT2D eigenvalue weighted by molar-refractivity contribution is 8.00. The average molecular weight is 335 g/mol. The van der Waals surface area contributed by atoms with E-state index < -0.39 is 22.8 Å². The third-order valence-electron chi connectivity index (χ3n) is 3.62. The number of hydrogen-bond acceptors (Lipinski definition) is 8. The highest BCUT2D eigenvalue weighted by atomic mass is 32.2. The smallest absolute Gasteiger partial charge is 0.208 e. The molecule has 122 valence electrons. The van der Waals surface area contributed by atoms with Crippen LogP contribution in [0, 0.1) is 11.8 Å². The Morgan fingerprint density at radius 1 is 1.35 bits per heavy atom. The van der Waals surface area contributed by atoms with Crippen molar-refractivity contribution in [2.75, 3.05) is 12.3 Å². The summed E-state index contributed by atoms with van der Waals surface area (Å²) in [5, 5.41) is 28.5. The lowest BCUT2D eigenvalue weighted by Gasteiger charge is -2.17. The quantitative estimate of drug-likeness (QED) is 0.540. The first kappa shape index (κ1) is 16.0. The molecule has 5 N–H and O–H groups in total. The Morgan fingerprint density at radius 2 is 2.13 bits per heavy atom. The fourth-order valence-electron chi connectivity index (χ4n) is 2.46. The summed E-state index contributed by atoms with van der Waals surface area (Å²) in [6.07, 6.45) is 0.101. The number of hydrogen-bond donors (Lipinski definition) is 4. The fourth-order valence-corrected chi connectivity index (χ4v) is 3.83. The van der Waals surface area contributed by atoms with Gasteiger partial charge in [-0.15, -0.1) is 11.8 Å². The van der Waals surface area contributed by atoms with Gasteiger partial charge < -0.3 is 21.1 Å². The van der Waals surface area contributed by atoms with Crippen LogP contribution in [0.4, 0.5) is 5.82 Å². The van der Waals surface area contributed by atoms with Crippen molar-refractivity contribution in [2.24, 2.45) is 0 Å². The minimum absolute atomic E-state index is 0.214. The fraction of sp³-hybridized carbons (Fsp3) is 0.500. The van der Waals surface area contributed by atoms with Gasteiger partial charge in [0.05, 0.1) is 24.3 Å². The maximum absolute atomic E-state index is 10.2. The molecular formula is C14H17N5O3S. The second-order valence-electron chi connectivity index (χ2n) is 5.14. The zero-order valence-corrected chi connectivity index (χ0v) is 13.2. The molecule has 8 nitrogen and oxygen atoms in total. The van der Waals surface area contributed by atoms with Gasteiger partial charge in [-0.3, -0.25) is 4.57 Å². The van der Waals surface area contributed by atoms with Gasteiger partial charge >= 0.3 is 0 Å². The molecular weight excluding hydrogens is 318 g/mol. The molecule has 1 fully saturated rings. The third kappa shape index (κ3) is 2.74. The summed E-state index contributed by atoms with van der Waals surface area (Å²) in [4.78, 5) is 12.6. The standard InChI is InChI=1S/C14H17N5O3S/c1-2-3-4-8-17-12(15)9-13(18-8)19(6-16-9)14-11(22)10(21)7(5-20)23-14/h6-7,10-11,14,20-22H,2,5H2,1H3,(H2,15,17,18)/t7-,10-,11-,14-/m1/s1. The molecule has 23 heavy (non-hydrogen) atoms. The normalized spacial score (nSPS) is 27.1. The Balaban J connectivity index is 2.06. The molecule has 1 saturated heterocycles. The van der Waals surface area contributed by atoms with Crippen molar-refractivity contribution >= 4 is 28.7 Å². The molecule has 0 saturated carbocycles. The molecule has 0 spiro atoms. The van der Waals surface area contributed by atoms with E-state index in [-0.39, 0.29) is 18.2 Å². The molecule has 2 aromatic heterocycles. The van der Waals surface area contributed by atoms with E-state index in [1.54, 1.807) is 4.57 Å². The number of aliphatic hydroxyl groups excluding tert-OH is 3. The van der Waals surface area contributed by atoms with Gasteiger partial charge in [-0.1, -0.05) is 12.8 Å². The van der Waals surface area contributed by atoms with Crippen LogP contribution in [0.25, 0.3) is 11.2 Å². The van der Waals surface area contributed by atoms with Crippen molar-refractivity contribution in [1.82, 2.24) is 19.5 Å². The molecule has 3 heterocycles. The molecule has 9 heteroatoms. The summed E-state index contributed by atoms with van der Waals surface area (Å²) in [6.45, 7) is 1.69. The molecule has 2 aromatic rings. The Kier molecular flexibility index (Phi) is 4.41. The number of fused-ring (bicyclic) bond motifs is 1. The Bertz CT molecular complexity index is 784. The van der Waals surface area contributed by atoms with E-state index in [2.05, 4.69) is 26.8 Å². The molecule has 1 aliphatic rings. The lowest BCUT2D eigenvalue weighted by atomic mass is 10.1. The SMILES string of the molecule is CCC#Cc1nc(N)c2ncn([C@@H]3S[C@H](CO)[C@@H](O)[C@H]3O)c2n1. The first-order chi connectivity index (χ1) is 11.1. The van der Waals surface area contributed by atoms with E-state index in [0.717, 1.165) is 0 Å². The molecule has 0 radical (unpaired) electrons. The third-order valence-corrected chi connectivity index (χ3v) is 5.18. The van der Waals surface area contributed by atoms with E-state index in [9.17, 15) is 15.3 Å². The highest BCUT2D eigenvalue weighted by Crippen LogP contribution is 2.42. The number of nitrogen functional groups attached to an aromatic ring is 1. The predicted molar refractivity (Wildman–Crippen MR) is 86.4 cm³/mol. The topological polar surface area (TPSA) is 130 Å². The van der Waals surface area contributed by atoms with Gasteiger partial charge in [-0.2, -0.15) is 0 Å². The molecule has 3 rings (SSSR count). The molecule has 4 atom stereocenters. The van der Waals surface area contributed by atoms with Crippen molar-refractivity contribution in [2.45, 2.75) is 36.2 Å². The van der Waals surface area contributed by atoms with E-state index in [4.69, 9.17) is 5.73 Å². The number of aliphatic hydroxyl groups is 3. The van der Waals surface area contributed by atoms with Crippen LogP contribution in [0.15, 0.2) is 6.33 Å². The zero-order valence-electron chi connectivity index (χ0n) is 12.4. The second kappa shape index (κ2) is 6.33. The first-order valence-corrected chi connectivity index (χ1v) is 8.12. The van der Waals surface area contributed by atoms with Crippen molar-refractivity contribution in [1.29, 1.82) is 0 Å². The Morgan fingerprint density at radius 3 is 2.78 bits per heavy atom. The van der Waals surface area contributed by atoms with Gasteiger partial charge in [0.1, 0.15) is 17.0 Å². The molecule has 1 aliphatic heterocycles. The van der Waals surface area contributed by atoms with Gasteiger partial charge in [0.25, 0.3) is 0 Å². The zero-order chi connectivity index (χ0) is 16.6. The molecule has 0 amide bonds. The molecule has 0 aromatic carbocycles. The van der Waals surface area contributed by atoms with Crippen LogP contribution in [0.3, 0.4) is 0 Å². The second-order valence-corrected chi connectivity index (χ2v) is 6.50. The largest absolute Gasteiger partial charge is 0.395 e. The van der Waals surface area contributed by atoms with Crippen LogP contribution in [0.2, 0.25) is 0 Å². The molecule has 0 aliphatic carbocycles. The van der Waals surface area contributed by atoms with E-state index in [1.165, 1.54) is 18.1 Å². The Labute approximate surface area is 136 Å². The summed E-state index contributed by atoms with van der Waals surface area (Å²) in [5.41, 5.74) is 6.77. The number of anilines is 1. The minimum atomic E-state index is -1.05. The van der Waals surface area contributed by atoms with Crippen LogP contribution in [-0.2, 0) is 0 Å². The highest BCUT2D eigenvalue weighted by Gasteiger charge is 2.43. The van der Waals surface area contributed by atoms with Crippen LogP contribution in [0.1, 0.15) is 24.5 Å². The van der Waals surface area contributed by atoms with Crippen molar-refractivity contribution in [3.05, 3.63) is 12.2 Å². The predicted octanol–water partition coefficient (Wildman–Crippen LogP) is -0.502. The van der Waals surface area contributed by atoms with Crippen LogP contribution >= 0.6 is 11.8 Å². The van der Waals surface area contributed by atoms with E-state index >= 15 is 0 Å². The van der Waals surface area contributed by atoms with Gasteiger partial charge in [0, 0.05) is 6.42 Å². The van der Waals surface area contributed by atoms with Crippen LogP contribution < -0.4 is 5.73 Å². The molecule has 0 unspecified atom stereocenters. The van der Waals surface area contributed by atoms with Gasteiger partial charge in [0.2, 0.25) is 5.82 Å². The lowest BCUT2D eigenvalue weighted by molar-refractivity contribution is 0.0113. The van der Waals surface area contributed by atoms with Crippen molar-refractivity contribution in [3.63, 3.8) is 0 Å². The Hall–Kier alpha value is -1.86. The summed E-state index contributed by atoms with van der Waals surface area (Å²) in [6, 6.07) is 0. The monoisotopic (exact) mass is 335 g/mol. The number of nitrogens with two attached hydrogens (primary N) is 1. The first-order valence-electron chi connectivity index (χ1n) is 7.18. The van der Waals surface area contributed by atoms with Crippen molar-refractivity contribution < 1.29 is 15.3 Å². The minimum Gasteiger partial charge on any atom is -0.395 e. The summed E-state index contributed by atoms with van der Waals surface area (Å²) in [7, 11) is 0. The number of imidazole rings is 1. The summed E-state index contributed by atoms with van der Waals surface area (Å²) < 4.78 is 1.64.